The van der Waals surface area contributed by atoms with Crippen molar-refractivity contribution in [1.29, 1.82) is 0 Å². The molecular formula is C14H19N3O2. The van der Waals surface area contributed by atoms with E-state index < -0.39 is 0 Å². The van der Waals surface area contributed by atoms with Crippen molar-refractivity contribution in [3.63, 3.8) is 0 Å². The van der Waals surface area contributed by atoms with E-state index in [9.17, 15) is 0 Å². The Bertz CT molecular complexity index is 537. The van der Waals surface area contributed by atoms with Gasteiger partial charge in [0.1, 0.15) is 5.75 Å². The van der Waals surface area contributed by atoms with Crippen molar-refractivity contribution in [1.82, 2.24) is 15.5 Å². The van der Waals surface area contributed by atoms with Crippen molar-refractivity contribution in [3.05, 3.63) is 29.7 Å². The highest BCUT2D eigenvalue weighted by atomic mass is 16.5. The second-order valence-electron chi connectivity index (χ2n) is 4.32. The molecule has 0 saturated carbocycles. The first kappa shape index (κ1) is 13.5. The van der Waals surface area contributed by atoms with E-state index in [1.165, 1.54) is 0 Å². The number of hydrogen-bond acceptors (Lipinski definition) is 5. The van der Waals surface area contributed by atoms with Crippen molar-refractivity contribution in [2.75, 3.05) is 20.2 Å². The van der Waals surface area contributed by atoms with E-state index in [0.717, 1.165) is 36.4 Å². The minimum absolute atomic E-state index is 0.573. The van der Waals surface area contributed by atoms with E-state index in [4.69, 9.17) is 9.26 Å². The summed E-state index contributed by atoms with van der Waals surface area (Å²) < 4.78 is 10.6. The van der Waals surface area contributed by atoms with Gasteiger partial charge in [-0.05, 0) is 31.2 Å². The van der Waals surface area contributed by atoms with Crippen LogP contribution in [-0.2, 0) is 6.42 Å². The molecule has 0 bridgehead atoms. The van der Waals surface area contributed by atoms with Gasteiger partial charge in [0.25, 0.3) is 0 Å². The predicted octanol–water partition coefficient (Wildman–Crippen LogP) is 2.21. The zero-order valence-electron chi connectivity index (χ0n) is 11.6. The Balaban J connectivity index is 2.18. The first-order valence-corrected chi connectivity index (χ1v) is 6.43. The van der Waals surface area contributed by atoms with Gasteiger partial charge in [0.05, 0.1) is 12.7 Å². The fourth-order valence-corrected chi connectivity index (χ4v) is 1.82. The van der Waals surface area contributed by atoms with E-state index in [0.29, 0.717) is 11.7 Å². The summed E-state index contributed by atoms with van der Waals surface area (Å²) in [6.07, 6.45) is 0.731. The standard InChI is InChI=1S/C14H19N3O2/c1-4-15-8-7-13-16-14(17-19-13)11-6-5-10(2)9-12(11)18-3/h5-6,9,15H,4,7-8H2,1-3H3. The van der Waals surface area contributed by atoms with E-state index >= 15 is 0 Å². The summed E-state index contributed by atoms with van der Waals surface area (Å²) in [5, 5.41) is 7.23. The van der Waals surface area contributed by atoms with Gasteiger partial charge in [-0.15, -0.1) is 0 Å². The lowest BCUT2D eigenvalue weighted by Crippen LogP contribution is -2.16. The van der Waals surface area contributed by atoms with Gasteiger partial charge in [-0.1, -0.05) is 18.1 Å². The molecule has 0 aliphatic rings. The SMILES string of the molecule is CCNCCc1nc(-c2ccc(C)cc2OC)no1. The summed E-state index contributed by atoms with van der Waals surface area (Å²) in [6, 6.07) is 5.92. The maximum atomic E-state index is 5.35. The maximum Gasteiger partial charge on any atom is 0.228 e. The average Bonchev–Trinajstić information content (AvgIpc) is 2.87. The molecule has 1 heterocycles. The van der Waals surface area contributed by atoms with Gasteiger partial charge in [0.15, 0.2) is 0 Å². The Morgan fingerprint density at radius 2 is 2.21 bits per heavy atom. The molecule has 0 spiro atoms. The number of benzene rings is 1. The normalized spacial score (nSPS) is 10.7. The third-order valence-electron chi connectivity index (χ3n) is 2.83. The van der Waals surface area contributed by atoms with Crippen LogP contribution in [0.2, 0.25) is 0 Å². The third kappa shape index (κ3) is 3.32. The van der Waals surface area contributed by atoms with E-state index in [-0.39, 0.29) is 0 Å². The summed E-state index contributed by atoms with van der Waals surface area (Å²) in [7, 11) is 1.64. The largest absolute Gasteiger partial charge is 0.496 e. The lowest BCUT2D eigenvalue weighted by molar-refractivity contribution is 0.376. The van der Waals surface area contributed by atoms with Gasteiger partial charge in [-0.2, -0.15) is 4.98 Å². The molecule has 19 heavy (non-hydrogen) atoms. The number of rotatable bonds is 6. The van der Waals surface area contributed by atoms with Crippen LogP contribution in [0.3, 0.4) is 0 Å². The highest BCUT2D eigenvalue weighted by molar-refractivity contribution is 5.64. The second-order valence-corrected chi connectivity index (χ2v) is 4.32. The third-order valence-corrected chi connectivity index (χ3v) is 2.83. The molecule has 2 aromatic rings. The molecule has 1 aromatic heterocycles. The highest BCUT2D eigenvalue weighted by Crippen LogP contribution is 2.28. The van der Waals surface area contributed by atoms with E-state index in [1.807, 2.05) is 25.1 Å². The molecule has 0 aliphatic heterocycles. The monoisotopic (exact) mass is 261 g/mol. The number of nitrogens with zero attached hydrogens (tertiary/aromatic N) is 2. The summed E-state index contributed by atoms with van der Waals surface area (Å²) in [4.78, 5) is 4.39. The summed E-state index contributed by atoms with van der Waals surface area (Å²) in [5.74, 6) is 1.97. The molecule has 1 N–H and O–H groups in total. The van der Waals surface area contributed by atoms with Crippen LogP contribution in [0, 0.1) is 6.92 Å². The van der Waals surface area contributed by atoms with Gasteiger partial charge in [0, 0.05) is 13.0 Å². The van der Waals surface area contributed by atoms with E-state index in [1.54, 1.807) is 7.11 Å². The molecule has 0 fully saturated rings. The molecule has 102 valence electrons. The van der Waals surface area contributed by atoms with Crippen molar-refractivity contribution < 1.29 is 9.26 Å². The molecule has 0 atom stereocenters. The van der Waals surface area contributed by atoms with E-state index in [2.05, 4.69) is 22.4 Å². The maximum absolute atomic E-state index is 5.35. The summed E-state index contributed by atoms with van der Waals surface area (Å²) in [5.41, 5.74) is 1.99. The molecule has 0 amide bonds. The Labute approximate surface area is 113 Å². The van der Waals surface area contributed by atoms with Gasteiger partial charge in [0.2, 0.25) is 11.7 Å². The van der Waals surface area contributed by atoms with Crippen molar-refractivity contribution in [2.24, 2.45) is 0 Å². The lowest BCUT2D eigenvalue weighted by atomic mass is 10.1. The summed E-state index contributed by atoms with van der Waals surface area (Å²) >= 11 is 0. The molecule has 0 unspecified atom stereocenters. The minimum Gasteiger partial charge on any atom is -0.496 e. The van der Waals surface area contributed by atoms with Crippen LogP contribution in [0.5, 0.6) is 5.75 Å². The van der Waals surface area contributed by atoms with Crippen LogP contribution in [-0.4, -0.2) is 30.3 Å². The number of methoxy groups -OCH3 is 1. The number of ether oxygens (including phenoxy) is 1. The molecular weight excluding hydrogens is 242 g/mol. The molecule has 1 aromatic carbocycles. The van der Waals surface area contributed by atoms with Gasteiger partial charge >= 0.3 is 0 Å². The first-order valence-electron chi connectivity index (χ1n) is 6.43. The molecule has 0 saturated heterocycles. The molecule has 0 aliphatic carbocycles. The Morgan fingerprint density at radius 3 is 2.95 bits per heavy atom. The Morgan fingerprint density at radius 1 is 1.37 bits per heavy atom. The van der Waals surface area contributed by atoms with Crippen molar-refractivity contribution in [3.8, 4) is 17.1 Å². The van der Waals surface area contributed by atoms with Crippen LogP contribution < -0.4 is 10.1 Å². The predicted molar refractivity (Wildman–Crippen MR) is 73.3 cm³/mol. The number of aryl methyl sites for hydroxylation is 1. The molecule has 5 nitrogen and oxygen atoms in total. The zero-order valence-corrected chi connectivity index (χ0v) is 11.6. The van der Waals surface area contributed by atoms with Crippen LogP contribution in [0.4, 0.5) is 0 Å². The quantitative estimate of drug-likeness (QED) is 0.808. The molecule has 2 rings (SSSR count). The minimum atomic E-state index is 0.573. The van der Waals surface area contributed by atoms with Crippen LogP contribution in [0.25, 0.3) is 11.4 Å². The van der Waals surface area contributed by atoms with Crippen molar-refractivity contribution in [2.45, 2.75) is 20.3 Å². The van der Waals surface area contributed by atoms with Crippen LogP contribution in [0.1, 0.15) is 18.4 Å². The second kappa shape index (κ2) is 6.33. The Kier molecular flexibility index (Phi) is 4.52. The Hall–Kier alpha value is -1.88. The van der Waals surface area contributed by atoms with Crippen molar-refractivity contribution >= 4 is 0 Å². The molecule has 5 heteroatoms. The lowest BCUT2D eigenvalue weighted by Gasteiger charge is -2.05. The van der Waals surface area contributed by atoms with Crippen LogP contribution in [0.15, 0.2) is 22.7 Å². The van der Waals surface area contributed by atoms with Gasteiger partial charge in [-0.25, -0.2) is 0 Å². The average molecular weight is 261 g/mol. The fraction of sp³-hybridized carbons (Fsp3) is 0.429. The smallest absolute Gasteiger partial charge is 0.228 e. The van der Waals surface area contributed by atoms with Crippen LogP contribution >= 0.6 is 0 Å². The molecule has 0 radical (unpaired) electrons. The zero-order chi connectivity index (χ0) is 13.7. The van der Waals surface area contributed by atoms with Gasteiger partial charge in [-0.3, -0.25) is 0 Å². The number of nitrogens with one attached hydrogen (secondary N) is 1. The summed E-state index contributed by atoms with van der Waals surface area (Å²) in [6.45, 7) is 5.86. The first-order chi connectivity index (χ1) is 9.24. The van der Waals surface area contributed by atoms with Gasteiger partial charge < -0.3 is 14.6 Å². The topological polar surface area (TPSA) is 60.2 Å². The number of likely N-dealkylation sites (N-methyl/N-ethyl adjacent to an activating group) is 1. The fourth-order valence-electron chi connectivity index (χ4n) is 1.82. The number of aromatic nitrogens is 2. The number of hydrogen-bond donors (Lipinski definition) is 1. The highest BCUT2D eigenvalue weighted by Gasteiger charge is 2.13.